The van der Waals surface area contributed by atoms with Gasteiger partial charge in [0.1, 0.15) is 5.75 Å². The van der Waals surface area contributed by atoms with E-state index in [1.807, 2.05) is 13.8 Å². The Bertz CT molecular complexity index is 872. The lowest BCUT2D eigenvalue weighted by atomic mass is 10.1. The number of rotatable bonds is 9. The van der Waals surface area contributed by atoms with Crippen LogP contribution >= 0.6 is 11.6 Å². The van der Waals surface area contributed by atoms with E-state index in [1.165, 1.54) is 25.1 Å². The van der Waals surface area contributed by atoms with E-state index < -0.39 is 0 Å². The standard InChI is InChI=1S/C21H25ClN2O5/c1-5-28-18-10-8-15(12-19(18)29-6-2)23-20(25)13-24(3)21(26)16-11-14(22)7-9-17(16)27-4/h7-12H,5-6,13H2,1-4H3,(H,23,25). The molecular weight excluding hydrogens is 396 g/mol. The molecule has 0 aliphatic carbocycles. The molecule has 2 amide bonds. The summed E-state index contributed by atoms with van der Waals surface area (Å²) in [5.41, 5.74) is 0.832. The maximum Gasteiger partial charge on any atom is 0.257 e. The summed E-state index contributed by atoms with van der Waals surface area (Å²) >= 11 is 5.98. The van der Waals surface area contributed by atoms with Crippen molar-refractivity contribution < 1.29 is 23.8 Å². The number of nitrogens with one attached hydrogen (secondary N) is 1. The van der Waals surface area contributed by atoms with Gasteiger partial charge in [0, 0.05) is 23.8 Å². The van der Waals surface area contributed by atoms with Gasteiger partial charge in [-0.3, -0.25) is 9.59 Å². The van der Waals surface area contributed by atoms with E-state index in [2.05, 4.69) is 5.32 Å². The van der Waals surface area contributed by atoms with Gasteiger partial charge in [0.15, 0.2) is 11.5 Å². The van der Waals surface area contributed by atoms with Crippen LogP contribution in [0.15, 0.2) is 36.4 Å². The van der Waals surface area contributed by atoms with E-state index in [0.717, 1.165) is 0 Å². The van der Waals surface area contributed by atoms with Crippen molar-refractivity contribution in [3.05, 3.63) is 47.0 Å². The Balaban J connectivity index is 2.07. The van der Waals surface area contributed by atoms with Crippen molar-refractivity contribution in [1.29, 1.82) is 0 Å². The number of hydrogen-bond donors (Lipinski definition) is 1. The van der Waals surface area contributed by atoms with Crippen molar-refractivity contribution in [2.75, 3.05) is 39.2 Å². The van der Waals surface area contributed by atoms with E-state index >= 15 is 0 Å². The van der Waals surface area contributed by atoms with Crippen LogP contribution in [0.1, 0.15) is 24.2 Å². The Morgan fingerprint density at radius 2 is 1.66 bits per heavy atom. The second-order valence-corrected chi connectivity index (χ2v) is 6.52. The number of anilines is 1. The van der Waals surface area contributed by atoms with Crippen molar-refractivity contribution in [3.63, 3.8) is 0 Å². The molecule has 0 saturated heterocycles. The van der Waals surface area contributed by atoms with Crippen LogP contribution in [0.5, 0.6) is 17.2 Å². The van der Waals surface area contributed by atoms with Crippen molar-refractivity contribution >= 4 is 29.1 Å². The highest BCUT2D eigenvalue weighted by Crippen LogP contribution is 2.30. The minimum absolute atomic E-state index is 0.147. The highest BCUT2D eigenvalue weighted by Gasteiger charge is 2.19. The minimum atomic E-state index is -0.374. The second kappa shape index (κ2) is 10.6. The van der Waals surface area contributed by atoms with Gasteiger partial charge in [-0.15, -0.1) is 0 Å². The molecule has 0 atom stereocenters. The lowest BCUT2D eigenvalue weighted by Crippen LogP contribution is -2.35. The molecule has 0 aromatic heterocycles. The van der Waals surface area contributed by atoms with Crippen LogP contribution in [0.25, 0.3) is 0 Å². The summed E-state index contributed by atoms with van der Waals surface area (Å²) in [6, 6.07) is 9.89. The molecule has 29 heavy (non-hydrogen) atoms. The van der Waals surface area contributed by atoms with Crippen LogP contribution < -0.4 is 19.5 Å². The van der Waals surface area contributed by atoms with Gasteiger partial charge in [-0.2, -0.15) is 0 Å². The van der Waals surface area contributed by atoms with Gasteiger partial charge in [0.25, 0.3) is 5.91 Å². The number of amides is 2. The first kappa shape index (κ1) is 22.4. The number of halogens is 1. The van der Waals surface area contributed by atoms with E-state index in [-0.39, 0.29) is 23.9 Å². The third-order valence-electron chi connectivity index (χ3n) is 3.95. The van der Waals surface area contributed by atoms with Crippen LogP contribution in [0, 0.1) is 0 Å². The molecule has 2 aromatic rings. The third-order valence-corrected chi connectivity index (χ3v) is 4.18. The molecule has 0 heterocycles. The Kier molecular flexibility index (Phi) is 8.15. The Hall–Kier alpha value is -2.93. The first-order valence-electron chi connectivity index (χ1n) is 9.18. The molecule has 0 saturated carbocycles. The van der Waals surface area contributed by atoms with Crippen LogP contribution in [0.4, 0.5) is 5.69 Å². The van der Waals surface area contributed by atoms with Crippen LogP contribution in [0.2, 0.25) is 5.02 Å². The molecule has 8 heteroatoms. The molecule has 0 unspecified atom stereocenters. The third kappa shape index (κ3) is 6.02. The van der Waals surface area contributed by atoms with Gasteiger partial charge in [-0.25, -0.2) is 0 Å². The van der Waals surface area contributed by atoms with Crippen LogP contribution in [0.3, 0.4) is 0 Å². The first-order chi connectivity index (χ1) is 13.9. The largest absolute Gasteiger partial charge is 0.496 e. The topological polar surface area (TPSA) is 77.1 Å². The quantitative estimate of drug-likeness (QED) is 0.666. The highest BCUT2D eigenvalue weighted by molar-refractivity contribution is 6.31. The van der Waals surface area contributed by atoms with Gasteiger partial charge in [-0.1, -0.05) is 11.6 Å². The number of carbonyl (C=O) groups excluding carboxylic acids is 2. The summed E-state index contributed by atoms with van der Waals surface area (Å²) in [5, 5.41) is 3.17. The van der Waals surface area contributed by atoms with Gasteiger partial charge < -0.3 is 24.4 Å². The fraction of sp³-hybridized carbons (Fsp3) is 0.333. The van der Waals surface area contributed by atoms with Crippen LogP contribution in [-0.4, -0.2) is 50.6 Å². The van der Waals surface area contributed by atoms with Gasteiger partial charge in [0.2, 0.25) is 5.91 Å². The predicted molar refractivity (Wildman–Crippen MR) is 112 cm³/mol. The molecule has 0 fully saturated rings. The lowest BCUT2D eigenvalue weighted by Gasteiger charge is -2.19. The summed E-state index contributed by atoms with van der Waals surface area (Å²) < 4.78 is 16.3. The number of benzene rings is 2. The van der Waals surface area contributed by atoms with Crippen molar-refractivity contribution in [2.24, 2.45) is 0 Å². The summed E-state index contributed by atoms with van der Waals surface area (Å²) in [4.78, 5) is 26.4. The van der Waals surface area contributed by atoms with Gasteiger partial charge in [0.05, 0.1) is 32.4 Å². The van der Waals surface area contributed by atoms with Crippen molar-refractivity contribution in [1.82, 2.24) is 4.90 Å². The Morgan fingerprint density at radius 3 is 2.31 bits per heavy atom. The summed E-state index contributed by atoms with van der Waals surface area (Å²) in [7, 11) is 3.00. The molecular formula is C21H25ClN2O5. The Morgan fingerprint density at radius 1 is 1.00 bits per heavy atom. The predicted octanol–water partition coefficient (Wildman–Crippen LogP) is 3.86. The lowest BCUT2D eigenvalue weighted by molar-refractivity contribution is -0.116. The molecule has 1 N–H and O–H groups in total. The van der Waals surface area contributed by atoms with Gasteiger partial charge in [-0.05, 0) is 44.2 Å². The van der Waals surface area contributed by atoms with E-state index in [4.69, 9.17) is 25.8 Å². The molecule has 0 bridgehead atoms. The maximum atomic E-state index is 12.7. The number of nitrogens with zero attached hydrogens (tertiary/aromatic N) is 1. The number of ether oxygens (including phenoxy) is 3. The maximum absolute atomic E-state index is 12.7. The second-order valence-electron chi connectivity index (χ2n) is 6.08. The summed E-state index contributed by atoms with van der Waals surface area (Å²) in [6.07, 6.45) is 0. The molecule has 156 valence electrons. The zero-order valence-electron chi connectivity index (χ0n) is 17.0. The molecule has 0 aliphatic heterocycles. The van der Waals surface area contributed by atoms with Gasteiger partial charge >= 0.3 is 0 Å². The number of methoxy groups -OCH3 is 1. The summed E-state index contributed by atoms with van der Waals surface area (Å²) in [6.45, 7) is 4.58. The molecule has 0 radical (unpaired) electrons. The van der Waals surface area contributed by atoms with E-state index in [1.54, 1.807) is 30.3 Å². The minimum Gasteiger partial charge on any atom is -0.496 e. The Labute approximate surface area is 175 Å². The fourth-order valence-corrected chi connectivity index (χ4v) is 2.84. The zero-order valence-corrected chi connectivity index (χ0v) is 17.7. The number of carbonyl (C=O) groups is 2. The van der Waals surface area contributed by atoms with Crippen molar-refractivity contribution in [2.45, 2.75) is 13.8 Å². The molecule has 0 spiro atoms. The van der Waals surface area contributed by atoms with Crippen LogP contribution in [-0.2, 0) is 4.79 Å². The molecule has 2 rings (SSSR count). The van der Waals surface area contributed by atoms with E-state index in [9.17, 15) is 9.59 Å². The zero-order chi connectivity index (χ0) is 21.4. The fourth-order valence-electron chi connectivity index (χ4n) is 2.67. The summed E-state index contributed by atoms with van der Waals surface area (Å²) in [5.74, 6) is 0.808. The monoisotopic (exact) mass is 420 g/mol. The molecule has 0 aliphatic rings. The van der Waals surface area contributed by atoms with Crippen molar-refractivity contribution in [3.8, 4) is 17.2 Å². The number of likely N-dealkylation sites (N-methyl/N-ethyl adjacent to an activating group) is 1. The normalized spacial score (nSPS) is 10.2. The highest BCUT2D eigenvalue weighted by atomic mass is 35.5. The smallest absolute Gasteiger partial charge is 0.257 e. The average molecular weight is 421 g/mol. The first-order valence-corrected chi connectivity index (χ1v) is 9.55. The average Bonchev–Trinajstić information content (AvgIpc) is 2.69. The molecule has 7 nitrogen and oxygen atoms in total. The van der Waals surface area contributed by atoms with E-state index in [0.29, 0.717) is 41.2 Å². The SMILES string of the molecule is CCOc1ccc(NC(=O)CN(C)C(=O)c2cc(Cl)ccc2OC)cc1OCC. The molecule has 2 aromatic carbocycles. The number of hydrogen-bond acceptors (Lipinski definition) is 5.